The molecule has 0 atom stereocenters. The summed E-state index contributed by atoms with van der Waals surface area (Å²) >= 11 is 0. The molecule has 0 aliphatic heterocycles. The van der Waals surface area contributed by atoms with Gasteiger partial charge in [-0.05, 0) is 48.9 Å². The average molecular weight is 387 g/mol. The molecule has 0 aliphatic carbocycles. The zero-order valence-corrected chi connectivity index (χ0v) is 16.2. The molecule has 1 heterocycles. The van der Waals surface area contributed by atoms with E-state index in [1.165, 1.54) is 17.0 Å². The molecule has 0 spiro atoms. The minimum atomic E-state index is -0.492. The molecular formula is C23H21N3O3. The quantitative estimate of drug-likeness (QED) is 0.650. The number of aromatic amines is 1. The number of fused-ring (bicyclic) bond motifs is 1. The highest BCUT2D eigenvalue weighted by Crippen LogP contribution is 2.23. The molecule has 0 saturated heterocycles. The molecule has 0 aliphatic rings. The van der Waals surface area contributed by atoms with Crippen LogP contribution < -0.4 is 15.8 Å². The van der Waals surface area contributed by atoms with E-state index in [0.29, 0.717) is 22.3 Å². The standard InChI is InChI=1S/C23H21N3O3/c1-4-7-21(27)24-19-8-6-9-20-17(19)14-18(22(28)25-20)23(29)26(3)16-12-10-15(5-2)11-13-16/h4-14H,2H2,1,3H3,(H,24,27)(H,25,28)/b7-4+. The fraction of sp³-hybridized carbons (Fsp3) is 0.0870. The average Bonchev–Trinajstić information content (AvgIpc) is 2.72. The minimum Gasteiger partial charge on any atom is -0.322 e. The Morgan fingerprint density at radius 1 is 1.14 bits per heavy atom. The number of allylic oxidation sites excluding steroid dienone is 1. The van der Waals surface area contributed by atoms with Crippen LogP contribution in [0.25, 0.3) is 17.0 Å². The highest BCUT2D eigenvalue weighted by molar-refractivity contribution is 6.10. The maximum absolute atomic E-state index is 13.0. The van der Waals surface area contributed by atoms with Crippen LogP contribution in [-0.4, -0.2) is 23.8 Å². The first kappa shape index (κ1) is 19.8. The van der Waals surface area contributed by atoms with Crippen molar-refractivity contribution in [1.29, 1.82) is 0 Å². The van der Waals surface area contributed by atoms with E-state index >= 15 is 0 Å². The molecule has 1 aromatic heterocycles. The van der Waals surface area contributed by atoms with Gasteiger partial charge in [-0.1, -0.05) is 36.9 Å². The summed E-state index contributed by atoms with van der Waals surface area (Å²) in [4.78, 5) is 41.6. The van der Waals surface area contributed by atoms with Gasteiger partial charge in [-0.3, -0.25) is 14.4 Å². The Morgan fingerprint density at radius 3 is 2.52 bits per heavy atom. The Kier molecular flexibility index (Phi) is 5.74. The van der Waals surface area contributed by atoms with Crippen molar-refractivity contribution in [2.75, 3.05) is 17.3 Å². The van der Waals surface area contributed by atoms with Crippen LogP contribution in [0.5, 0.6) is 0 Å². The van der Waals surface area contributed by atoms with Crippen LogP contribution in [0, 0.1) is 0 Å². The largest absolute Gasteiger partial charge is 0.322 e. The second-order valence-corrected chi connectivity index (χ2v) is 6.43. The molecular weight excluding hydrogens is 366 g/mol. The number of pyridine rings is 1. The number of benzene rings is 2. The Labute approximate surface area is 168 Å². The molecule has 0 fully saturated rings. The summed E-state index contributed by atoms with van der Waals surface area (Å²) in [5.41, 5.74) is 2.11. The van der Waals surface area contributed by atoms with E-state index < -0.39 is 11.5 Å². The van der Waals surface area contributed by atoms with Gasteiger partial charge in [0.1, 0.15) is 5.56 Å². The van der Waals surface area contributed by atoms with Crippen molar-refractivity contribution in [2.45, 2.75) is 6.92 Å². The van der Waals surface area contributed by atoms with Crippen LogP contribution >= 0.6 is 0 Å². The number of carbonyl (C=O) groups is 2. The lowest BCUT2D eigenvalue weighted by Crippen LogP contribution is -2.31. The van der Waals surface area contributed by atoms with E-state index in [1.54, 1.807) is 56.5 Å². The van der Waals surface area contributed by atoms with Gasteiger partial charge in [0.15, 0.2) is 0 Å². The maximum Gasteiger partial charge on any atom is 0.263 e. The third kappa shape index (κ3) is 4.16. The Bertz CT molecular complexity index is 1170. The molecule has 0 radical (unpaired) electrons. The van der Waals surface area contributed by atoms with Crippen molar-refractivity contribution in [2.24, 2.45) is 0 Å². The lowest BCUT2D eigenvalue weighted by molar-refractivity contribution is -0.111. The molecule has 6 nitrogen and oxygen atoms in total. The molecule has 146 valence electrons. The first-order chi connectivity index (χ1) is 13.9. The number of anilines is 2. The predicted octanol–water partition coefficient (Wildman–Crippen LogP) is 3.96. The van der Waals surface area contributed by atoms with Gasteiger partial charge in [-0.2, -0.15) is 0 Å². The Balaban J connectivity index is 2.02. The van der Waals surface area contributed by atoms with Gasteiger partial charge < -0.3 is 15.2 Å². The second-order valence-electron chi connectivity index (χ2n) is 6.43. The second kappa shape index (κ2) is 8.39. The van der Waals surface area contributed by atoms with E-state index in [9.17, 15) is 14.4 Å². The summed E-state index contributed by atoms with van der Waals surface area (Å²) in [6.07, 6.45) is 4.74. The molecule has 2 N–H and O–H groups in total. The van der Waals surface area contributed by atoms with Crippen LogP contribution in [0.2, 0.25) is 0 Å². The number of carbonyl (C=O) groups excluding carboxylic acids is 2. The summed E-state index contributed by atoms with van der Waals surface area (Å²) in [5.74, 6) is -0.743. The van der Waals surface area contributed by atoms with Gasteiger partial charge in [0.05, 0.1) is 11.2 Å². The monoisotopic (exact) mass is 387 g/mol. The number of H-pyrrole nitrogens is 1. The van der Waals surface area contributed by atoms with E-state index in [0.717, 1.165) is 5.56 Å². The normalized spacial score (nSPS) is 10.8. The number of nitrogens with zero attached hydrogens (tertiary/aromatic N) is 1. The highest BCUT2D eigenvalue weighted by Gasteiger charge is 2.19. The number of hydrogen-bond acceptors (Lipinski definition) is 3. The van der Waals surface area contributed by atoms with Gasteiger partial charge >= 0.3 is 0 Å². The predicted molar refractivity (Wildman–Crippen MR) is 117 cm³/mol. The van der Waals surface area contributed by atoms with E-state index in [4.69, 9.17) is 0 Å². The summed E-state index contributed by atoms with van der Waals surface area (Å²) in [5, 5.41) is 3.34. The van der Waals surface area contributed by atoms with Crippen molar-refractivity contribution in [3.8, 4) is 0 Å². The van der Waals surface area contributed by atoms with Gasteiger partial charge in [0.2, 0.25) is 5.91 Å². The summed E-state index contributed by atoms with van der Waals surface area (Å²) in [7, 11) is 1.61. The van der Waals surface area contributed by atoms with E-state index in [2.05, 4.69) is 16.9 Å². The number of rotatable bonds is 5. The highest BCUT2D eigenvalue weighted by atomic mass is 16.2. The number of aromatic nitrogens is 1. The van der Waals surface area contributed by atoms with E-state index in [1.807, 2.05) is 12.1 Å². The lowest BCUT2D eigenvalue weighted by Gasteiger charge is -2.18. The van der Waals surface area contributed by atoms with Crippen molar-refractivity contribution in [3.05, 3.63) is 88.7 Å². The molecule has 29 heavy (non-hydrogen) atoms. The van der Waals surface area contributed by atoms with E-state index in [-0.39, 0.29) is 11.5 Å². The smallest absolute Gasteiger partial charge is 0.263 e. The first-order valence-corrected chi connectivity index (χ1v) is 9.05. The van der Waals surface area contributed by atoms with Crippen molar-refractivity contribution >= 4 is 40.2 Å². The van der Waals surface area contributed by atoms with Gasteiger partial charge in [-0.25, -0.2) is 0 Å². The zero-order valence-electron chi connectivity index (χ0n) is 16.2. The van der Waals surface area contributed by atoms with Gasteiger partial charge in [0.25, 0.3) is 11.5 Å². The molecule has 6 heteroatoms. The Morgan fingerprint density at radius 2 is 1.86 bits per heavy atom. The topological polar surface area (TPSA) is 82.3 Å². The zero-order chi connectivity index (χ0) is 21.0. The molecule has 3 rings (SSSR count). The van der Waals surface area contributed by atoms with Crippen molar-refractivity contribution in [1.82, 2.24) is 4.98 Å². The van der Waals surface area contributed by atoms with Crippen LogP contribution in [0.15, 0.2) is 72.1 Å². The fourth-order valence-electron chi connectivity index (χ4n) is 2.95. The molecule has 3 aromatic rings. The van der Waals surface area contributed by atoms with Gasteiger partial charge in [-0.15, -0.1) is 0 Å². The number of nitrogens with one attached hydrogen (secondary N) is 2. The van der Waals surface area contributed by atoms with Gasteiger partial charge in [0, 0.05) is 18.1 Å². The first-order valence-electron chi connectivity index (χ1n) is 9.05. The van der Waals surface area contributed by atoms with Crippen LogP contribution in [0.1, 0.15) is 22.8 Å². The van der Waals surface area contributed by atoms with Crippen molar-refractivity contribution < 1.29 is 9.59 Å². The third-order valence-electron chi connectivity index (χ3n) is 4.51. The summed E-state index contributed by atoms with van der Waals surface area (Å²) in [6.45, 7) is 5.45. The third-order valence-corrected chi connectivity index (χ3v) is 4.51. The molecule has 0 saturated carbocycles. The number of amides is 2. The molecule has 2 aromatic carbocycles. The lowest BCUT2D eigenvalue weighted by atomic mass is 10.1. The SMILES string of the molecule is C=Cc1ccc(N(C)C(=O)c2cc3c(NC(=O)/C=C/C)cccc3[nH]c2=O)cc1. The van der Waals surface area contributed by atoms with Crippen molar-refractivity contribution in [3.63, 3.8) is 0 Å². The summed E-state index contributed by atoms with van der Waals surface area (Å²) < 4.78 is 0. The van der Waals surface area contributed by atoms with Crippen LogP contribution in [0.4, 0.5) is 11.4 Å². The molecule has 2 amide bonds. The van der Waals surface area contributed by atoms with Crippen LogP contribution in [-0.2, 0) is 4.79 Å². The Hall–Kier alpha value is -3.93. The molecule has 0 bridgehead atoms. The fourth-order valence-corrected chi connectivity index (χ4v) is 2.95. The number of hydrogen-bond donors (Lipinski definition) is 2. The molecule has 0 unspecified atom stereocenters. The maximum atomic E-state index is 13.0. The van der Waals surface area contributed by atoms with Crippen LogP contribution in [0.3, 0.4) is 0 Å². The minimum absolute atomic E-state index is 0.0134. The summed E-state index contributed by atoms with van der Waals surface area (Å²) in [6, 6.07) is 13.9.